The summed E-state index contributed by atoms with van der Waals surface area (Å²) < 4.78 is 11.0. The fourth-order valence-corrected chi connectivity index (χ4v) is 3.82. The largest absolute Gasteiger partial charge is 0.497 e. The molecule has 4 heteroatoms. The molecule has 1 heterocycles. The summed E-state index contributed by atoms with van der Waals surface area (Å²) in [5, 5.41) is 0. The maximum atomic E-state index is 13.1. The molecule has 0 saturated carbocycles. The van der Waals surface area contributed by atoms with Crippen molar-refractivity contribution in [2.45, 2.75) is 12.5 Å². The van der Waals surface area contributed by atoms with Crippen LogP contribution in [0, 0.1) is 0 Å². The van der Waals surface area contributed by atoms with Crippen LogP contribution in [0.15, 0.2) is 30.3 Å². The number of hydrogen-bond acceptors (Lipinski definition) is 4. The molecule has 0 saturated heterocycles. The Bertz CT molecular complexity index is 813. The summed E-state index contributed by atoms with van der Waals surface area (Å²) in [5.41, 5.74) is 5.03. The maximum absolute atomic E-state index is 13.1. The molecule has 1 unspecified atom stereocenters. The highest BCUT2D eigenvalue weighted by Crippen LogP contribution is 2.49. The molecule has 0 N–H and O–H groups in total. The van der Waals surface area contributed by atoms with E-state index in [0.717, 1.165) is 46.7 Å². The Hall–Kier alpha value is -2.33. The van der Waals surface area contributed by atoms with Crippen LogP contribution in [0.25, 0.3) is 11.1 Å². The Morgan fingerprint density at radius 1 is 1.09 bits per heavy atom. The van der Waals surface area contributed by atoms with Crippen LogP contribution in [0.1, 0.15) is 27.5 Å². The normalized spacial score (nSPS) is 19.1. The molecule has 4 rings (SSSR count). The molecule has 1 atom stereocenters. The van der Waals surface area contributed by atoms with E-state index >= 15 is 0 Å². The summed E-state index contributed by atoms with van der Waals surface area (Å²) in [4.78, 5) is 15.2. The highest BCUT2D eigenvalue weighted by Gasteiger charge is 2.40. The smallest absolute Gasteiger partial charge is 0.185 e. The monoisotopic (exact) mass is 309 g/mol. The van der Waals surface area contributed by atoms with Gasteiger partial charge in [-0.2, -0.15) is 0 Å². The fourth-order valence-electron chi connectivity index (χ4n) is 3.82. The maximum Gasteiger partial charge on any atom is 0.185 e. The Morgan fingerprint density at radius 2 is 1.91 bits per heavy atom. The average Bonchev–Trinajstić information content (AvgIpc) is 2.59. The van der Waals surface area contributed by atoms with Gasteiger partial charge in [-0.05, 0) is 48.9 Å². The van der Waals surface area contributed by atoms with E-state index in [4.69, 9.17) is 9.47 Å². The van der Waals surface area contributed by atoms with E-state index in [1.165, 1.54) is 5.56 Å². The standard InChI is InChI=1S/C19H19NO3/c1-20-9-8-11-4-7-15(23-3)17-14-10-12(22-2)5-6-13(14)19(21)18(20)16(11)17/h4-7,10,18H,8-9H2,1-3H3. The zero-order valence-electron chi connectivity index (χ0n) is 13.6. The molecule has 0 aromatic heterocycles. The number of nitrogens with zero attached hydrogens (tertiary/aromatic N) is 1. The van der Waals surface area contributed by atoms with Gasteiger partial charge in [0.2, 0.25) is 0 Å². The number of likely N-dealkylation sites (N-methyl/N-ethyl adjacent to an activating group) is 1. The highest BCUT2D eigenvalue weighted by atomic mass is 16.5. The minimum Gasteiger partial charge on any atom is -0.497 e. The van der Waals surface area contributed by atoms with E-state index < -0.39 is 0 Å². The van der Waals surface area contributed by atoms with Crippen molar-refractivity contribution in [3.63, 3.8) is 0 Å². The Morgan fingerprint density at radius 3 is 2.65 bits per heavy atom. The van der Waals surface area contributed by atoms with Crippen molar-refractivity contribution in [1.29, 1.82) is 0 Å². The molecular weight excluding hydrogens is 290 g/mol. The number of ether oxygens (including phenoxy) is 2. The van der Waals surface area contributed by atoms with Gasteiger partial charge < -0.3 is 9.47 Å². The van der Waals surface area contributed by atoms with Gasteiger partial charge in [0.25, 0.3) is 0 Å². The predicted molar refractivity (Wildman–Crippen MR) is 88.4 cm³/mol. The van der Waals surface area contributed by atoms with Gasteiger partial charge in [-0.15, -0.1) is 0 Å². The molecule has 2 aromatic carbocycles. The molecule has 1 aliphatic carbocycles. The number of fused-ring (bicyclic) bond motifs is 2. The first-order valence-electron chi connectivity index (χ1n) is 7.78. The number of carbonyl (C=O) groups is 1. The molecule has 0 spiro atoms. The lowest BCUT2D eigenvalue weighted by Crippen LogP contribution is -2.39. The van der Waals surface area contributed by atoms with Crippen molar-refractivity contribution in [1.82, 2.24) is 4.90 Å². The molecule has 2 aliphatic rings. The number of benzene rings is 2. The lowest BCUT2D eigenvalue weighted by Gasteiger charge is -2.39. The van der Waals surface area contributed by atoms with Crippen LogP contribution in [0.3, 0.4) is 0 Å². The molecule has 1 aliphatic heterocycles. The first kappa shape index (κ1) is 14.3. The first-order valence-corrected chi connectivity index (χ1v) is 7.78. The molecule has 4 nitrogen and oxygen atoms in total. The van der Waals surface area contributed by atoms with E-state index in [-0.39, 0.29) is 11.8 Å². The zero-order valence-corrected chi connectivity index (χ0v) is 13.6. The Labute approximate surface area is 135 Å². The van der Waals surface area contributed by atoms with Gasteiger partial charge in [0, 0.05) is 23.2 Å². The van der Waals surface area contributed by atoms with Crippen molar-refractivity contribution in [3.8, 4) is 22.6 Å². The third kappa shape index (κ3) is 1.91. The van der Waals surface area contributed by atoms with Gasteiger partial charge >= 0.3 is 0 Å². The summed E-state index contributed by atoms with van der Waals surface area (Å²) in [6, 6.07) is 9.54. The summed E-state index contributed by atoms with van der Waals surface area (Å²) >= 11 is 0. The number of ketones is 1. The van der Waals surface area contributed by atoms with Gasteiger partial charge in [-0.3, -0.25) is 9.69 Å². The molecule has 23 heavy (non-hydrogen) atoms. The van der Waals surface area contributed by atoms with Crippen LogP contribution in [0.5, 0.6) is 11.5 Å². The van der Waals surface area contributed by atoms with Crippen LogP contribution >= 0.6 is 0 Å². The number of Topliss-reactive ketones (excluding diaryl/α,β-unsaturated/α-hetero) is 1. The van der Waals surface area contributed by atoms with Crippen molar-refractivity contribution in [3.05, 3.63) is 47.0 Å². The van der Waals surface area contributed by atoms with E-state index in [0.29, 0.717) is 0 Å². The minimum atomic E-state index is -0.218. The predicted octanol–water partition coefficient (Wildman–Crippen LogP) is 3.10. The minimum absolute atomic E-state index is 0.159. The van der Waals surface area contributed by atoms with E-state index in [9.17, 15) is 4.79 Å². The second-order valence-corrected chi connectivity index (χ2v) is 6.12. The second-order valence-electron chi connectivity index (χ2n) is 6.12. The second kappa shape index (κ2) is 5.10. The summed E-state index contributed by atoms with van der Waals surface area (Å²) in [7, 11) is 5.33. The molecule has 0 amide bonds. The highest BCUT2D eigenvalue weighted by molar-refractivity contribution is 6.11. The third-order valence-electron chi connectivity index (χ3n) is 4.98. The number of hydrogen-bond donors (Lipinski definition) is 0. The van der Waals surface area contributed by atoms with Crippen LogP contribution in [0.2, 0.25) is 0 Å². The van der Waals surface area contributed by atoms with Crippen LogP contribution in [0.4, 0.5) is 0 Å². The molecule has 0 radical (unpaired) electrons. The topological polar surface area (TPSA) is 38.8 Å². The van der Waals surface area contributed by atoms with Crippen LogP contribution < -0.4 is 9.47 Å². The van der Waals surface area contributed by atoms with Gasteiger partial charge in [-0.1, -0.05) is 6.07 Å². The fraction of sp³-hybridized carbons (Fsp3) is 0.316. The van der Waals surface area contributed by atoms with Crippen molar-refractivity contribution in [2.75, 3.05) is 27.8 Å². The molecule has 2 aromatic rings. The quantitative estimate of drug-likeness (QED) is 0.854. The number of carbonyl (C=O) groups excluding carboxylic acids is 1. The average molecular weight is 309 g/mol. The third-order valence-corrected chi connectivity index (χ3v) is 4.98. The van der Waals surface area contributed by atoms with Gasteiger partial charge in [0.15, 0.2) is 5.78 Å². The number of methoxy groups -OCH3 is 2. The van der Waals surface area contributed by atoms with Gasteiger partial charge in [-0.25, -0.2) is 0 Å². The lowest BCUT2D eigenvalue weighted by molar-refractivity contribution is 0.0835. The summed E-state index contributed by atoms with van der Waals surface area (Å²) in [6.45, 7) is 0.890. The van der Waals surface area contributed by atoms with Crippen molar-refractivity contribution >= 4 is 5.78 Å². The SMILES string of the molecule is COc1ccc2c(c1)-c1c(OC)ccc3c1C(C2=O)N(C)CC3. The zero-order chi connectivity index (χ0) is 16.1. The molecule has 118 valence electrons. The van der Waals surface area contributed by atoms with Gasteiger partial charge in [0.1, 0.15) is 11.5 Å². The first-order chi connectivity index (χ1) is 11.2. The van der Waals surface area contributed by atoms with Crippen LogP contribution in [-0.2, 0) is 6.42 Å². The van der Waals surface area contributed by atoms with E-state index in [1.807, 2.05) is 31.3 Å². The summed E-state index contributed by atoms with van der Waals surface area (Å²) in [6.07, 6.45) is 0.950. The number of rotatable bonds is 2. The molecule has 0 bridgehead atoms. The Balaban J connectivity index is 2.09. The van der Waals surface area contributed by atoms with Gasteiger partial charge in [0.05, 0.1) is 20.3 Å². The molecule has 0 fully saturated rings. The van der Waals surface area contributed by atoms with Crippen LogP contribution in [-0.4, -0.2) is 38.5 Å². The Kier molecular flexibility index (Phi) is 3.16. The van der Waals surface area contributed by atoms with Crippen molar-refractivity contribution < 1.29 is 14.3 Å². The van der Waals surface area contributed by atoms with E-state index in [1.54, 1.807) is 14.2 Å². The molecular formula is C19H19NO3. The summed E-state index contributed by atoms with van der Waals surface area (Å²) in [5.74, 6) is 1.72. The van der Waals surface area contributed by atoms with E-state index in [2.05, 4.69) is 11.0 Å². The van der Waals surface area contributed by atoms with Crippen molar-refractivity contribution in [2.24, 2.45) is 0 Å². The lowest BCUT2D eigenvalue weighted by atomic mass is 9.76.